The summed E-state index contributed by atoms with van der Waals surface area (Å²) < 4.78 is 14.6. The van der Waals surface area contributed by atoms with Crippen LogP contribution >= 0.6 is 18.2 Å². The van der Waals surface area contributed by atoms with Crippen molar-refractivity contribution < 1.29 is 23.9 Å². The van der Waals surface area contributed by atoms with E-state index in [1.165, 1.54) is 24.6 Å². The number of anilines is 1. The molecule has 0 spiro atoms. The lowest BCUT2D eigenvalue weighted by molar-refractivity contribution is -0.148. The van der Waals surface area contributed by atoms with Crippen molar-refractivity contribution >= 4 is 40.6 Å². The van der Waals surface area contributed by atoms with Crippen LogP contribution in [0.5, 0.6) is 0 Å². The van der Waals surface area contributed by atoms with E-state index in [4.69, 9.17) is 19.1 Å². The smallest absolute Gasteiger partial charge is 0.419 e. The number of nitrogens with one attached hydrogen (secondary N) is 1. The van der Waals surface area contributed by atoms with E-state index >= 15 is 0 Å². The van der Waals surface area contributed by atoms with Crippen LogP contribution in [0, 0.1) is 0 Å². The Kier molecular flexibility index (Phi) is 7.91. The first-order valence-electron chi connectivity index (χ1n) is 8.49. The zero-order chi connectivity index (χ0) is 19.0. The molecule has 8 heteroatoms. The maximum Gasteiger partial charge on any atom is 0.419 e. The monoisotopic (exact) mass is 399 g/mol. The maximum atomic E-state index is 11.9. The number of carbonyl (C=O) groups excluding carboxylic acids is 1. The molecule has 0 atom stereocenters. The standard InChI is InChI=1S/C18H21NO2.ClH2O3P/c20-18(21-15-9-2-1-3-10-15)13-19-17-12-6-8-14-7-4-5-11-16(14)17;1-5(2,3)4/h4-8,11-12,15,19H,1-3,9-10,13H2;(H2,2,3,4). The van der Waals surface area contributed by atoms with E-state index < -0.39 is 6.95 Å². The van der Waals surface area contributed by atoms with Gasteiger partial charge in [0.15, 0.2) is 0 Å². The van der Waals surface area contributed by atoms with Gasteiger partial charge in [-0.15, -0.1) is 0 Å². The average molecular weight is 400 g/mol. The molecular formula is C18H23ClNO5P. The molecule has 26 heavy (non-hydrogen) atoms. The first kappa shape index (κ1) is 20.7. The number of fused-ring (bicyclic) bond motifs is 1. The van der Waals surface area contributed by atoms with Gasteiger partial charge in [0.25, 0.3) is 0 Å². The van der Waals surface area contributed by atoms with Gasteiger partial charge in [0.1, 0.15) is 12.6 Å². The van der Waals surface area contributed by atoms with E-state index in [-0.39, 0.29) is 18.6 Å². The lowest BCUT2D eigenvalue weighted by atomic mass is 9.98. The number of hydrogen-bond donors (Lipinski definition) is 3. The molecule has 0 heterocycles. The predicted molar refractivity (Wildman–Crippen MR) is 103 cm³/mol. The Hall–Kier alpha value is -1.59. The summed E-state index contributed by atoms with van der Waals surface area (Å²) in [5, 5.41) is 5.50. The molecule has 1 fully saturated rings. The fourth-order valence-corrected chi connectivity index (χ4v) is 2.96. The quantitative estimate of drug-likeness (QED) is 0.519. The van der Waals surface area contributed by atoms with Gasteiger partial charge in [0.2, 0.25) is 0 Å². The molecule has 0 unspecified atom stereocenters. The molecule has 0 aromatic heterocycles. The second-order valence-corrected chi connectivity index (χ2v) is 8.37. The Bertz CT molecular complexity index is 760. The van der Waals surface area contributed by atoms with Crippen LogP contribution in [-0.2, 0) is 14.1 Å². The lowest BCUT2D eigenvalue weighted by Gasteiger charge is -2.22. The molecule has 2 aromatic rings. The van der Waals surface area contributed by atoms with Gasteiger partial charge in [-0.2, -0.15) is 0 Å². The van der Waals surface area contributed by atoms with Crippen LogP contribution in [0.4, 0.5) is 5.69 Å². The normalized spacial score (nSPS) is 15.0. The highest BCUT2D eigenvalue weighted by molar-refractivity contribution is 7.79. The van der Waals surface area contributed by atoms with E-state index in [0.717, 1.165) is 23.9 Å². The second-order valence-electron chi connectivity index (χ2n) is 6.10. The van der Waals surface area contributed by atoms with Gasteiger partial charge in [-0.3, -0.25) is 4.79 Å². The molecule has 0 bridgehead atoms. The molecule has 142 valence electrons. The Morgan fingerprint density at radius 3 is 2.42 bits per heavy atom. The molecule has 1 aliphatic rings. The van der Waals surface area contributed by atoms with Crippen LogP contribution in [0.15, 0.2) is 42.5 Å². The number of benzene rings is 2. The molecular weight excluding hydrogens is 377 g/mol. The Balaban J connectivity index is 0.000000431. The third kappa shape index (κ3) is 7.75. The van der Waals surface area contributed by atoms with E-state index in [1.807, 2.05) is 24.3 Å². The Morgan fingerprint density at radius 1 is 1.12 bits per heavy atom. The number of hydrogen-bond acceptors (Lipinski definition) is 4. The SMILES string of the molecule is O=C(CNc1cccc2ccccc12)OC1CCCCC1.O=P(O)(O)Cl. The summed E-state index contributed by atoms with van der Waals surface area (Å²) in [6, 6.07) is 14.2. The van der Waals surface area contributed by atoms with Crippen LogP contribution in [0.2, 0.25) is 0 Å². The summed E-state index contributed by atoms with van der Waals surface area (Å²) in [5.74, 6) is -0.158. The summed E-state index contributed by atoms with van der Waals surface area (Å²) in [5.41, 5.74) is 0.980. The highest BCUT2D eigenvalue weighted by Gasteiger charge is 2.17. The van der Waals surface area contributed by atoms with E-state index in [0.29, 0.717) is 0 Å². The van der Waals surface area contributed by atoms with Gasteiger partial charge in [-0.05, 0) is 37.1 Å². The molecule has 0 radical (unpaired) electrons. The minimum Gasteiger partial charge on any atom is -0.461 e. The van der Waals surface area contributed by atoms with Crippen LogP contribution in [0.3, 0.4) is 0 Å². The van der Waals surface area contributed by atoms with Crippen molar-refractivity contribution in [3.63, 3.8) is 0 Å². The molecule has 2 aromatic carbocycles. The van der Waals surface area contributed by atoms with Crippen molar-refractivity contribution in [1.29, 1.82) is 0 Å². The maximum absolute atomic E-state index is 11.9. The molecule has 0 saturated heterocycles. The summed E-state index contributed by atoms with van der Waals surface area (Å²) in [7, 11) is 0. The number of carbonyl (C=O) groups is 1. The zero-order valence-corrected chi connectivity index (χ0v) is 16.0. The van der Waals surface area contributed by atoms with E-state index in [9.17, 15) is 4.79 Å². The minimum absolute atomic E-state index is 0.126. The first-order chi connectivity index (χ1) is 12.3. The highest BCUT2D eigenvalue weighted by atomic mass is 35.7. The Labute approximate surface area is 157 Å². The predicted octanol–water partition coefficient (Wildman–Crippen LogP) is 4.45. The number of esters is 1. The second kappa shape index (κ2) is 9.93. The summed E-state index contributed by atoms with van der Waals surface area (Å²) in [4.78, 5) is 26.7. The zero-order valence-electron chi connectivity index (χ0n) is 14.3. The van der Waals surface area contributed by atoms with Gasteiger partial charge in [-0.25, -0.2) is 4.57 Å². The molecule has 0 aliphatic heterocycles. The van der Waals surface area contributed by atoms with E-state index in [2.05, 4.69) is 34.8 Å². The molecule has 0 amide bonds. The summed E-state index contributed by atoms with van der Waals surface area (Å²) in [6.07, 6.45) is 5.77. The van der Waals surface area contributed by atoms with Crippen molar-refractivity contribution in [2.45, 2.75) is 38.2 Å². The lowest BCUT2D eigenvalue weighted by Crippen LogP contribution is -2.25. The molecule has 3 N–H and O–H groups in total. The first-order valence-corrected chi connectivity index (χ1v) is 11.0. The van der Waals surface area contributed by atoms with Gasteiger partial charge < -0.3 is 19.8 Å². The van der Waals surface area contributed by atoms with Crippen molar-refractivity contribution in [2.24, 2.45) is 0 Å². The van der Waals surface area contributed by atoms with Crippen molar-refractivity contribution in [2.75, 3.05) is 11.9 Å². The van der Waals surface area contributed by atoms with Gasteiger partial charge >= 0.3 is 12.9 Å². The minimum atomic E-state index is -4.17. The number of halogens is 1. The largest absolute Gasteiger partial charge is 0.461 e. The summed E-state index contributed by atoms with van der Waals surface area (Å²) >= 11 is 4.20. The van der Waals surface area contributed by atoms with Crippen LogP contribution < -0.4 is 5.32 Å². The highest BCUT2D eigenvalue weighted by Crippen LogP contribution is 2.39. The fourth-order valence-electron chi connectivity index (χ4n) is 2.96. The van der Waals surface area contributed by atoms with Crippen molar-refractivity contribution in [3.8, 4) is 0 Å². The van der Waals surface area contributed by atoms with Gasteiger partial charge in [0.05, 0.1) is 0 Å². The fraction of sp³-hybridized carbons (Fsp3) is 0.389. The van der Waals surface area contributed by atoms with Crippen LogP contribution in [0.25, 0.3) is 10.8 Å². The van der Waals surface area contributed by atoms with E-state index in [1.54, 1.807) is 0 Å². The number of ether oxygens (including phenoxy) is 1. The third-order valence-corrected chi connectivity index (χ3v) is 4.06. The Morgan fingerprint density at radius 2 is 1.73 bits per heavy atom. The molecule has 3 rings (SSSR count). The number of rotatable bonds is 4. The topological polar surface area (TPSA) is 95.9 Å². The molecule has 1 saturated carbocycles. The van der Waals surface area contributed by atoms with Crippen molar-refractivity contribution in [1.82, 2.24) is 0 Å². The van der Waals surface area contributed by atoms with Gasteiger partial charge in [-0.1, -0.05) is 42.8 Å². The third-order valence-electron chi connectivity index (χ3n) is 4.06. The van der Waals surface area contributed by atoms with Crippen molar-refractivity contribution in [3.05, 3.63) is 42.5 Å². The average Bonchev–Trinajstić information content (AvgIpc) is 2.59. The molecule has 1 aliphatic carbocycles. The van der Waals surface area contributed by atoms with Gasteiger partial charge in [0, 0.05) is 22.3 Å². The van der Waals surface area contributed by atoms with Crippen LogP contribution in [-0.4, -0.2) is 28.4 Å². The summed E-state index contributed by atoms with van der Waals surface area (Å²) in [6.45, 7) is -3.94. The van der Waals surface area contributed by atoms with Crippen LogP contribution in [0.1, 0.15) is 32.1 Å². The molecule has 6 nitrogen and oxygen atoms in total.